The van der Waals surface area contributed by atoms with E-state index >= 15 is 0 Å². The van der Waals surface area contributed by atoms with Gasteiger partial charge >= 0.3 is 6.09 Å². The number of rotatable bonds is 2. The Balaban J connectivity index is 1.99. The molecular formula is C23H22F2N2O2. The van der Waals surface area contributed by atoms with Gasteiger partial charge in [0, 0.05) is 36.1 Å². The van der Waals surface area contributed by atoms with Gasteiger partial charge in [-0.05, 0) is 57.1 Å². The molecule has 0 saturated carbocycles. The van der Waals surface area contributed by atoms with Crippen molar-refractivity contribution < 1.29 is 18.3 Å². The molecule has 150 valence electrons. The molecule has 1 aromatic heterocycles. The highest BCUT2D eigenvalue weighted by molar-refractivity contribution is 5.72. The van der Waals surface area contributed by atoms with Gasteiger partial charge in [0.05, 0.1) is 0 Å². The van der Waals surface area contributed by atoms with E-state index in [4.69, 9.17) is 4.74 Å². The Morgan fingerprint density at radius 1 is 1.38 bits per heavy atom. The van der Waals surface area contributed by atoms with Crippen molar-refractivity contribution in [3.8, 4) is 11.8 Å². The summed E-state index contributed by atoms with van der Waals surface area (Å²) in [6.07, 6.45) is 8.99. The fourth-order valence-corrected chi connectivity index (χ4v) is 3.13. The quantitative estimate of drug-likeness (QED) is 0.653. The summed E-state index contributed by atoms with van der Waals surface area (Å²) in [6, 6.07) is 1.82. The van der Waals surface area contributed by atoms with Crippen LogP contribution in [0.2, 0.25) is 0 Å². The maximum Gasteiger partial charge on any atom is 0.411 e. The molecule has 1 saturated heterocycles. The first-order valence-electron chi connectivity index (χ1n) is 9.21. The number of pyridine rings is 1. The molecule has 0 N–H and O–H groups in total. The third-order valence-corrected chi connectivity index (χ3v) is 5.34. The number of nitrogens with zero attached hydrogens (tertiary/aromatic N) is 2. The maximum absolute atomic E-state index is 13.2. The lowest BCUT2D eigenvalue weighted by Crippen LogP contribution is -2.43. The second kappa shape index (κ2) is 8.04. The van der Waals surface area contributed by atoms with E-state index in [1.54, 1.807) is 32.4 Å². The third-order valence-electron chi connectivity index (χ3n) is 5.34. The van der Waals surface area contributed by atoms with Crippen molar-refractivity contribution in [2.24, 2.45) is 0 Å². The van der Waals surface area contributed by atoms with Gasteiger partial charge in [-0.25, -0.2) is 13.6 Å². The molecule has 0 spiro atoms. The van der Waals surface area contributed by atoms with E-state index in [1.165, 1.54) is 24.0 Å². The Kier molecular flexibility index (Phi) is 5.69. The van der Waals surface area contributed by atoms with Crippen molar-refractivity contribution in [2.45, 2.75) is 38.8 Å². The molecule has 2 atom stereocenters. The summed E-state index contributed by atoms with van der Waals surface area (Å²) in [7, 11) is 1.66. The van der Waals surface area contributed by atoms with Crippen molar-refractivity contribution in [3.63, 3.8) is 0 Å². The first-order chi connectivity index (χ1) is 13.7. The van der Waals surface area contributed by atoms with Crippen LogP contribution in [-0.4, -0.2) is 29.1 Å². The molecule has 0 radical (unpaired) electrons. The van der Waals surface area contributed by atoms with Crippen LogP contribution >= 0.6 is 0 Å². The van der Waals surface area contributed by atoms with Gasteiger partial charge in [0.1, 0.15) is 23.3 Å². The van der Waals surface area contributed by atoms with Crippen LogP contribution in [-0.2, 0) is 10.3 Å². The van der Waals surface area contributed by atoms with Crippen molar-refractivity contribution in [1.29, 1.82) is 0 Å². The van der Waals surface area contributed by atoms with E-state index in [2.05, 4.69) is 16.8 Å². The van der Waals surface area contributed by atoms with E-state index in [9.17, 15) is 13.6 Å². The Morgan fingerprint density at radius 3 is 2.79 bits per heavy atom. The number of carbonyl (C=O) groups is 1. The number of hydrogen-bond donors (Lipinski definition) is 0. The van der Waals surface area contributed by atoms with Crippen molar-refractivity contribution in [1.82, 2.24) is 9.88 Å². The number of hydrogen-bond acceptors (Lipinski definition) is 3. The van der Waals surface area contributed by atoms with Crippen LogP contribution in [0.15, 0.2) is 65.6 Å². The minimum atomic E-state index is -0.830. The number of amides is 1. The van der Waals surface area contributed by atoms with Gasteiger partial charge < -0.3 is 4.74 Å². The SMILES string of the molecule is CC(F)=C(C)C#Cc1cncc(C2(C)C(C=C3C=CC(F)=CC3)OC(=O)N2C)c1. The van der Waals surface area contributed by atoms with Gasteiger partial charge in [-0.3, -0.25) is 9.88 Å². The molecule has 1 aliphatic heterocycles. The normalized spacial score (nSPS) is 25.9. The van der Waals surface area contributed by atoms with Crippen LogP contribution in [0.25, 0.3) is 0 Å². The number of likely N-dealkylation sites (N-methyl/N-ethyl adjacent to an activating group) is 1. The highest BCUT2D eigenvalue weighted by Gasteiger charge is 2.50. The van der Waals surface area contributed by atoms with Crippen LogP contribution in [0.5, 0.6) is 0 Å². The Morgan fingerprint density at radius 2 is 2.14 bits per heavy atom. The van der Waals surface area contributed by atoms with Gasteiger partial charge in [-0.1, -0.05) is 17.9 Å². The number of cyclic esters (lactones) is 1. The summed E-state index contributed by atoms with van der Waals surface area (Å²) in [5.74, 6) is 5.06. The molecule has 29 heavy (non-hydrogen) atoms. The molecule has 2 unspecified atom stereocenters. The van der Waals surface area contributed by atoms with Crippen LogP contribution in [0.4, 0.5) is 13.6 Å². The summed E-state index contributed by atoms with van der Waals surface area (Å²) in [6.45, 7) is 4.85. The van der Waals surface area contributed by atoms with E-state index in [-0.39, 0.29) is 11.7 Å². The lowest BCUT2D eigenvalue weighted by atomic mass is 9.84. The standard InChI is InChI=1S/C23H22F2N2O2/c1-15(16(2)24)5-6-18-11-19(14-26-13-18)23(3)21(29-22(28)27(23)4)12-17-7-9-20(25)10-8-17/h7,9-14,21H,8H2,1-4H3. The minimum Gasteiger partial charge on any atom is -0.439 e. The zero-order valence-electron chi connectivity index (χ0n) is 16.8. The third kappa shape index (κ3) is 4.14. The first-order valence-corrected chi connectivity index (χ1v) is 9.21. The number of aromatic nitrogens is 1. The molecule has 6 heteroatoms. The van der Waals surface area contributed by atoms with Crippen LogP contribution in [0.3, 0.4) is 0 Å². The van der Waals surface area contributed by atoms with E-state index in [0.717, 1.165) is 11.1 Å². The van der Waals surface area contributed by atoms with Gasteiger partial charge in [-0.2, -0.15) is 0 Å². The van der Waals surface area contributed by atoms with Gasteiger partial charge in [-0.15, -0.1) is 0 Å². The highest BCUT2D eigenvalue weighted by atomic mass is 19.1. The molecule has 2 heterocycles. The minimum absolute atomic E-state index is 0.284. The second-order valence-corrected chi connectivity index (χ2v) is 7.25. The summed E-state index contributed by atoms with van der Waals surface area (Å²) in [4.78, 5) is 18.1. The zero-order chi connectivity index (χ0) is 21.2. The Labute approximate surface area is 169 Å². The molecular weight excluding hydrogens is 374 g/mol. The predicted octanol–water partition coefficient (Wildman–Crippen LogP) is 5.10. The largest absolute Gasteiger partial charge is 0.439 e. The summed E-state index contributed by atoms with van der Waals surface area (Å²) >= 11 is 0. The van der Waals surface area contributed by atoms with Gasteiger partial charge in [0.25, 0.3) is 0 Å². The molecule has 4 nitrogen and oxygen atoms in total. The average molecular weight is 396 g/mol. The van der Waals surface area contributed by atoms with Gasteiger partial charge in [0.15, 0.2) is 0 Å². The highest BCUT2D eigenvalue weighted by Crippen LogP contribution is 2.40. The molecule has 3 rings (SSSR count). The van der Waals surface area contributed by atoms with Crippen molar-refractivity contribution in [3.05, 3.63) is 76.7 Å². The summed E-state index contributed by atoms with van der Waals surface area (Å²) in [5, 5.41) is 0. The van der Waals surface area contributed by atoms with Crippen LogP contribution in [0, 0.1) is 11.8 Å². The van der Waals surface area contributed by atoms with Crippen LogP contribution in [0.1, 0.15) is 38.3 Å². The number of halogens is 2. The van der Waals surface area contributed by atoms with Crippen LogP contribution < -0.4 is 0 Å². The van der Waals surface area contributed by atoms with Crippen molar-refractivity contribution >= 4 is 6.09 Å². The Bertz CT molecular complexity index is 1020. The number of carbonyl (C=O) groups excluding carboxylic acids is 1. The lowest BCUT2D eigenvalue weighted by Gasteiger charge is -2.33. The van der Waals surface area contributed by atoms with Crippen molar-refractivity contribution in [2.75, 3.05) is 7.05 Å². The molecule has 0 aromatic carbocycles. The summed E-state index contributed by atoms with van der Waals surface area (Å²) in [5.41, 5.74) is 1.72. The molecule has 0 bridgehead atoms. The van der Waals surface area contributed by atoms with E-state index in [0.29, 0.717) is 17.6 Å². The average Bonchev–Trinajstić information content (AvgIpc) is 2.92. The van der Waals surface area contributed by atoms with E-state index in [1.807, 2.05) is 19.1 Å². The topological polar surface area (TPSA) is 42.4 Å². The summed E-state index contributed by atoms with van der Waals surface area (Å²) < 4.78 is 32.1. The molecule has 1 fully saturated rings. The number of ether oxygens (including phenoxy) is 1. The predicted molar refractivity (Wildman–Crippen MR) is 107 cm³/mol. The molecule has 1 amide bonds. The molecule has 2 aliphatic rings. The smallest absolute Gasteiger partial charge is 0.411 e. The fraction of sp³-hybridized carbons (Fsp3) is 0.304. The fourth-order valence-electron chi connectivity index (χ4n) is 3.13. The molecule has 1 aromatic rings. The van der Waals surface area contributed by atoms with E-state index < -0.39 is 17.7 Å². The first kappa shape index (κ1) is 20.5. The second-order valence-electron chi connectivity index (χ2n) is 7.25. The maximum atomic E-state index is 13.2. The molecule has 1 aliphatic carbocycles. The van der Waals surface area contributed by atoms with Gasteiger partial charge in [0.2, 0.25) is 0 Å². The monoisotopic (exact) mass is 396 g/mol. The Hall–Kier alpha value is -3.20. The zero-order valence-corrected chi connectivity index (χ0v) is 16.8. The lowest BCUT2D eigenvalue weighted by molar-refractivity contribution is 0.140. The number of allylic oxidation sites excluding steroid dienone is 7.